The van der Waals surface area contributed by atoms with Crippen LogP contribution in [-0.2, 0) is 0 Å². The smallest absolute Gasteiger partial charge is 0.173 e. The normalized spacial score (nSPS) is 13.6. The minimum absolute atomic E-state index is 0.195. The van der Waals surface area contributed by atoms with Crippen molar-refractivity contribution >= 4 is 11.5 Å². The molecule has 0 spiro atoms. The standard InChI is InChI=1S/C14H15N5O/c1-10(20)11-5-4-6-12(9-11)17-19-18-14(15)13-7-2-3-8-16-13/h2-10,20H,1H3,(H2,15,17,18). The average molecular weight is 269 g/mol. The van der Waals surface area contributed by atoms with Crippen LogP contribution >= 0.6 is 0 Å². The zero-order valence-electron chi connectivity index (χ0n) is 11.0. The lowest BCUT2D eigenvalue weighted by atomic mass is 10.1. The number of aliphatic hydroxyl groups is 1. The monoisotopic (exact) mass is 269 g/mol. The first-order valence-electron chi connectivity index (χ1n) is 6.10. The summed E-state index contributed by atoms with van der Waals surface area (Å²) in [6.07, 6.45) is 1.08. The zero-order chi connectivity index (χ0) is 14.4. The molecule has 0 amide bonds. The molecular weight excluding hydrogens is 254 g/mol. The first kappa shape index (κ1) is 13.8. The minimum atomic E-state index is -0.549. The van der Waals surface area contributed by atoms with Gasteiger partial charge in [-0.2, -0.15) is 0 Å². The van der Waals surface area contributed by atoms with Crippen molar-refractivity contribution in [3.63, 3.8) is 0 Å². The summed E-state index contributed by atoms with van der Waals surface area (Å²) in [5.74, 6) is 0.195. The molecule has 6 nitrogen and oxygen atoms in total. The summed E-state index contributed by atoms with van der Waals surface area (Å²) in [6, 6.07) is 12.5. The molecule has 1 aromatic carbocycles. The molecule has 0 aliphatic carbocycles. The van der Waals surface area contributed by atoms with Crippen LogP contribution < -0.4 is 5.73 Å². The summed E-state index contributed by atoms with van der Waals surface area (Å²) < 4.78 is 0. The van der Waals surface area contributed by atoms with E-state index in [0.717, 1.165) is 5.56 Å². The number of pyridine rings is 1. The van der Waals surface area contributed by atoms with Crippen LogP contribution in [0.25, 0.3) is 0 Å². The summed E-state index contributed by atoms with van der Waals surface area (Å²) in [4.78, 5) is 4.05. The molecule has 20 heavy (non-hydrogen) atoms. The lowest BCUT2D eigenvalue weighted by molar-refractivity contribution is 0.199. The Hall–Kier alpha value is -2.60. The number of amidine groups is 1. The molecule has 1 aromatic heterocycles. The van der Waals surface area contributed by atoms with E-state index < -0.39 is 6.10 Å². The van der Waals surface area contributed by atoms with Crippen molar-refractivity contribution in [1.82, 2.24) is 4.98 Å². The van der Waals surface area contributed by atoms with Gasteiger partial charge in [0, 0.05) is 6.20 Å². The van der Waals surface area contributed by atoms with Crippen LogP contribution in [0, 0.1) is 0 Å². The Morgan fingerprint density at radius 2 is 2.10 bits per heavy atom. The van der Waals surface area contributed by atoms with Crippen LogP contribution in [0.3, 0.4) is 0 Å². The van der Waals surface area contributed by atoms with Gasteiger partial charge in [-0.25, -0.2) is 0 Å². The van der Waals surface area contributed by atoms with E-state index >= 15 is 0 Å². The third-order valence-electron chi connectivity index (χ3n) is 2.59. The van der Waals surface area contributed by atoms with Gasteiger partial charge in [0.15, 0.2) is 5.84 Å². The molecule has 0 saturated carbocycles. The van der Waals surface area contributed by atoms with Gasteiger partial charge in [-0.1, -0.05) is 18.2 Å². The summed E-state index contributed by atoms with van der Waals surface area (Å²) >= 11 is 0. The van der Waals surface area contributed by atoms with Crippen molar-refractivity contribution in [1.29, 1.82) is 0 Å². The van der Waals surface area contributed by atoms with Crippen molar-refractivity contribution in [2.75, 3.05) is 0 Å². The van der Waals surface area contributed by atoms with E-state index in [-0.39, 0.29) is 5.84 Å². The van der Waals surface area contributed by atoms with Gasteiger partial charge in [0.05, 0.1) is 11.8 Å². The van der Waals surface area contributed by atoms with E-state index in [2.05, 4.69) is 20.4 Å². The summed E-state index contributed by atoms with van der Waals surface area (Å²) in [5.41, 5.74) is 7.64. The molecule has 6 heteroatoms. The fourth-order valence-corrected chi connectivity index (χ4v) is 1.53. The number of aromatic nitrogens is 1. The molecule has 1 unspecified atom stereocenters. The van der Waals surface area contributed by atoms with E-state index in [1.165, 1.54) is 0 Å². The highest BCUT2D eigenvalue weighted by Crippen LogP contribution is 2.19. The Labute approximate surface area is 116 Å². The lowest BCUT2D eigenvalue weighted by Crippen LogP contribution is -2.13. The summed E-state index contributed by atoms with van der Waals surface area (Å²) in [6.45, 7) is 1.69. The van der Waals surface area contributed by atoms with E-state index in [4.69, 9.17) is 5.73 Å². The maximum absolute atomic E-state index is 9.48. The van der Waals surface area contributed by atoms with Crippen LogP contribution in [0.4, 0.5) is 5.69 Å². The van der Waals surface area contributed by atoms with Gasteiger partial charge in [-0.15, -0.1) is 10.2 Å². The molecular formula is C14H15N5O. The van der Waals surface area contributed by atoms with Gasteiger partial charge < -0.3 is 10.8 Å². The molecule has 0 aliphatic heterocycles. The van der Waals surface area contributed by atoms with Crippen molar-refractivity contribution < 1.29 is 5.11 Å². The Morgan fingerprint density at radius 3 is 2.80 bits per heavy atom. The quantitative estimate of drug-likeness (QED) is 0.386. The topological polar surface area (TPSA) is 96.2 Å². The molecule has 102 valence electrons. The van der Waals surface area contributed by atoms with Crippen LogP contribution in [-0.4, -0.2) is 15.9 Å². The highest BCUT2D eigenvalue weighted by molar-refractivity contribution is 5.95. The van der Waals surface area contributed by atoms with E-state index in [1.54, 1.807) is 43.5 Å². The average Bonchev–Trinajstić information content (AvgIpc) is 2.48. The van der Waals surface area contributed by atoms with Crippen LogP contribution in [0.15, 0.2) is 64.1 Å². The predicted octanol–water partition coefficient (Wildman–Crippen LogP) is 2.54. The van der Waals surface area contributed by atoms with Gasteiger partial charge in [-0.3, -0.25) is 4.98 Å². The molecule has 1 atom stereocenters. The molecule has 1 heterocycles. The van der Waals surface area contributed by atoms with Gasteiger partial charge in [-0.05, 0) is 42.0 Å². The van der Waals surface area contributed by atoms with Crippen LogP contribution in [0.5, 0.6) is 0 Å². The highest BCUT2D eigenvalue weighted by Gasteiger charge is 2.01. The second-order valence-corrected chi connectivity index (χ2v) is 4.16. The van der Waals surface area contributed by atoms with Crippen molar-refractivity contribution in [3.8, 4) is 0 Å². The molecule has 0 aliphatic rings. The Morgan fingerprint density at radius 1 is 1.25 bits per heavy atom. The molecule has 0 bridgehead atoms. The number of rotatable bonds is 4. The number of nitrogens with zero attached hydrogens (tertiary/aromatic N) is 4. The second-order valence-electron chi connectivity index (χ2n) is 4.16. The van der Waals surface area contributed by atoms with E-state index in [9.17, 15) is 5.11 Å². The largest absolute Gasteiger partial charge is 0.389 e. The number of nitrogens with two attached hydrogens (primary N) is 1. The van der Waals surface area contributed by atoms with Crippen molar-refractivity contribution in [2.45, 2.75) is 13.0 Å². The van der Waals surface area contributed by atoms with Crippen molar-refractivity contribution in [2.24, 2.45) is 21.2 Å². The molecule has 0 radical (unpaired) electrons. The molecule has 3 N–H and O–H groups in total. The first-order chi connectivity index (χ1) is 9.66. The maximum atomic E-state index is 9.48. The van der Waals surface area contributed by atoms with Gasteiger partial charge in [0.2, 0.25) is 0 Å². The third-order valence-corrected chi connectivity index (χ3v) is 2.59. The van der Waals surface area contributed by atoms with E-state index in [1.807, 2.05) is 12.1 Å². The van der Waals surface area contributed by atoms with Gasteiger partial charge in [0.25, 0.3) is 0 Å². The maximum Gasteiger partial charge on any atom is 0.173 e. The zero-order valence-corrected chi connectivity index (χ0v) is 11.0. The number of aliphatic hydroxyl groups excluding tert-OH is 1. The predicted molar refractivity (Wildman–Crippen MR) is 76.6 cm³/mol. The second kappa shape index (κ2) is 6.53. The lowest BCUT2D eigenvalue weighted by Gasteiger charge is -2.03. The summed E-state index contributed by atoms with van der Waals surface area (Å²) in [7, 11) is 0. The summed E-state index contributed by atoms with van der Waals surface area (Å²) in [5, 5.41) is 20.9. The SMILES string of the molecule is CC(O)c1cccc(N=N/N=C(\N)c2ccccn2)c1. The Balaban J connectivity index is 2.12. The van der Waals surface area contributed by atoms with Crippen LogP contribution in [0.2, 0.25) is 0 Å². The number of hydrogen-bond donors (Lipinski definition) is 2. The fraction of sp³-hybridized carbons (Fsp3) is 0.143. The van der Waals surface area contributed by atoms with Crippen molar-refractivity contribution in [3.05, 3.63) is 59.9 Å². The Bertz CT molecular complexity index is 622. The number of benzene rings is 1. The molecule has 2 rings (SSSR count). The van der Waals surface area contributed by atoms with Gasteiger partial charge >= 0.3 is 0 Å². The highest BCUT2D eigenvalue weighted by atomic mass is 16.3. The Kier molecular flexibility index (Phi) is 4.52. The first-order valence-corrected chi connectivity index (χ1v) is 6.10. The molecule has 0 fully saturated rings. The number of hydrogen-bond acceptors (Lipinski definition) is 4. The van der Waals surface area contributed by atoms with Crippen LogP contribution in [0.1, 0.15) is 24.3 Å². The third kappa shape index (κ3) is 3.69. The van der Waals surface area contributed by atoms with E-state index in [0.29, 0.717) is 11.4 Å². The molecule has 2 aromatic rings. The van der Waals surface area contributed by atoms with Gasteiger partial charge in [0.1, 0.15) is 5.69 Å². The molecule has 0 saturated heterocycles. The minimum Gasteiger partial charge on any atom is -0.389 e. The fourth-order valence-electron chi connectivity index (χ4n) is 1.53.